The molecular weight excluding hydrogens is 394 g/mol. The first kappa shape index (κ1) is 20.3. The maximum absolute atomic E-state index is 12.6. The molecule has 1 aromatic heterocycles. The molecule has 0 saturated carbocycles. The first-order valence-corrected chi connectivity index (χ1v) is 9.35. The fraction of sp³-hybridized carbons (Fsp3) is 0.200. The first-order valence-electron chi connectivity index (χ1n) is 8.97. The smallest absolute Gasteiger partial charge is 0.293 e. The number of carbonyl (C=O) groups is 1. The Morgan fingerprint density at radius 2 is 2.00 bits per heavy atom. The van der Waals surface area contributed by atoms with Crippen molar-refractivity contribution in [3.63, 3.8) is 0 Å². The fourth-order valence-electron chi connectivity index (χ4n) is 2.82. The predicted octanol–water partition coefficient (Wildman–Crippen LogP) is 4.89. The van der Waals surface area contributed by atoms with Crippen molar-refractivity contribution in [3.05, 3.63) is 81.0 Å². The van der Waals surface area contributed by atoms with Crippen molar-refractivity contribution in [1.82, 2.24) is 9.78 Å². The molecule has 0 unspecified atom stereocenters. The minimum Gasteiger partial charge on any atom is -0.375 e. The number of aromatic nitrogens is 2. The molecule has 0 bridgehead atoms. The van der Waals surface area contributed by atoms with Crippen molar-refractivity contribution in [2.75, 3.05) is 10.6 Å². The molecule has 0 aliphatic heterocycles. The van der Waals surface area contributed by atoms with Gasteiger partial charge in [0.2, 0.25) is 0 Å². The van der Waals surface area contributed by atoms with Crippen LogP contribution in [0.3, 0.4) is 0 Å². The quantitative estimate of drug-likeness (QED) is 0.424. The number of nitrogens with zero attached hydrogens (tertiary/aromatic N) is 3. The molecule has 0 atom stereocenters. The Labute approximate surface area is 172 Å². The lowest BCUT2D eigenvalue weighted by Gasteiger charge is -2.12. The van der Waals surface area contributed by atoms with Crippen molar-refractivity contribution < 1.29 is 9.72 Å². The molecule has 0 spiro atoms. The number of hydrogen-bond acceptors (Lipinski definition) is 5. The van der Waals surface area contributed by atoms with E-state index in [9.17, 15) is 14.9 Å². The summed E-state index contributed by atoms with van der Waals surface area (Å²) < 4.78 is 1.66. The van der Waals surface area contributed by atoms with Gasteiger partial charge in [-0.1, -0.05) is 29.8 Å². The van der Waals surface area contributed by atoms with E-state index < -0.39 is 10.8 Å². The van der Waals surface area contributed by atoms with Crippen molar-refractivity contribution in [3.8, 4) is 0 Å². The van der Waals surface area contributed by atoms with Gasteiger partial charge in [0.25, 0.3) is 11.6 Å². The number of anilines is 2. The van der Waals surface area contributed by atoms with Gasteiger partial charge in [0.1, 0.15) is 11.5 Å². The minimum absolute atomic E-state index is 0.0611. The molecule has 0 aliphatic carbocycles. The zero-order valence-electron chi connectivity index (χ0n) is 15.9. The average Bonchev–Trinajstić information content (AvgIpc) is 3.15. The second-order valence-electron chi connectivity index (χ2n) is 6.64. The lowest BCUT2D eigenvalue weighted by atomic mass is 10.1. The second kappa shape index (κ2) is 8.74. The summed E-state index contributed by atoms with van der Waals surface area (Å²) in [6, 6.07) is 13.3. The van der Waals surface area contributed by atoms with Gasteiger partial charge in [0.05, 0.1) is 11.1 Å². The number of nitrogens with one attached hydrogen (secondary N) is 2. The molecule has 1 heterocycles. The predicted molar refractivity (Wildman–Crippen MR) is 112 cm³/mol. The van der Waals surface area contributed by atoms with Crippen molar-refractivity contribution in [2.45, 2.75) is 26.4 Å². The molecule has 3 aromatic rings. The largest absolute Gasteiger partial charge is 0.375 e. The molecule has 8 nitrogen and oxygen atoms in total. The van der Waals surface area contributed by atoms with E-state index in [-0.39, 0.29) is 17.3 Å². The SMILES string of the molecule is CC(C)n1nccc1NC(=O)c1ccc(NCc2ccccc2Cl)c([N+](=O)[O-])c1. The van der Waals surface area contributed by atoms with Gasteiger partial charge in [-0.05, 0) is 37.6 Å². The standard InChI is InChI=1S/C20H20ClN5O3/c1-13(2)25-19(9-10-23-25)24-20(27)14-7-8-17(18(11-14)26(28)29)22-12-15-5-3-4-6-16(15)21/h3-11,13,22H,12H2,1-2H3,(H,24,27). The summed E-state index contributed by atoms with van der Waals surface area (Å²) in [5.74, 6) is 0.0710. The highest BCUT2D eigenvalue weighted by Gasteiger charge is 2.19. The molecule has 1 amide bonds. The summed E-state index contributed by atoms with van der Waals surface area (Å²) >= 11 is 6.13. The van der Waals surface area contributed by atoms with Crippen LogP contribution in [0.4, 0.5) is 17.2 Å². The van der Waals surface area contributed by atoms with Crippen molar-refractivity contribution >= 4 is 34.7 Å². The van der Waals surface area contributed by atoms with Gasteiger partial charge in [-0.2, -0.15) is 5.10 Å². The van der Waals surface area contributed by atoms with E-state index in [1.54, 1.807) is 23.0 Å². The van der Waals surface area contributed by atoms with E-state index in [1.165, 1.54) is 18.2 Å². The summed E-state index contributed by atoms with van der Waals surface area (Å²) in [5, 5.41) is 22.0. The van der Waals surface area contributed by atoms with Crippen LogP contribution in [0, 0.1) is 10.1 Å². The first-order chi connectivity index (χ1) is 13.9. The molecular formula is C20H20ClN5O3. The van der Waals surface area contributed by atoms with Gasteiger partial charge >= 0.3 is 0 Å². The molecule has 150 valence electrons. The van der Waals surface area contributed by atoms with Crippen LogP contribution < -0.4 is 10.6 Å². The van der Waals surface area contributed by atoms with Gasteiger partial charge < -0.3 is 10.6 Å². The third kappa shape index (κ3) is 4.72. The Hall–Kier alpha value is -3.39. The van der Waals surface area contributed by atoms with Crippen molar-refractivity contribution in [1.29, 1.82) is 0 Å². The lowest BCUT2D eigenvalue weighted by Crippen LogP contribution is -2.17. The molecule has 0 aliphatic rings. The topological polar surface area (TPSA) is 102 Å². The second-order valence-corrected chi connectivity index (χ2v) is 7.05. The summed E-state index contributed by atoms with van der Waals surface area (Å²) in [7, 11) is 0. The molecule has 3 rings (SSSR count). The maximum atomic E-state index is 12.6. The van der Waals surface area contributed by atoms with Crippen LogP contribution in [0.5, 0.6) is 0 Å². The highest BCUT2D eigenvalue weighted by Crippen LogP contribution is 2.27. The number of carbonyl (C=O) groups excluding carboxylic acids is 1. The number of benzene rings is 2. The zero-order chi connectivity index (χ0) is 21.0. The number of nitro groups is 1. The summed E-state index contributed by atoms with van der Waals surface area (Å²) in [5.41, 5.74) is 1.10. The molecule has 0 radical (unpaired) electrons. The Balaban J connectivity index is 1.80. The van der Waals surface area contributed by atoms with Crippen LogP contribution >= 0.6 is 11.6 Å². The Bertz CT molecular complexity index is 1050. The fourth-order valence-corrected chi connectivity index (χ4v) is 3.02. The van der Waals surface area contributed by atoms with Gasteiger partial charge in [-0.3, -0.25) is 14.9 Å². The van der Waals surface area contributed by atoms with Crippen LogP contribution in [-0.4, -0.2) is 20.6 Å². The normalized spacial score (nSPS) is 10.8. The monoisotopic (exact) mass is 413 g/mol. The van der Waals surface area contributed by atoms with Crippen LogP contribution in [0.1, 0.15) is 35.8 Å². The Kier molecular flexibility index (Phi) is 6.13. The number of nitro benzene ring substituents is 1. The van der Waals surface area contributed by atoms with Gasteiger partial charge in [0.15, 0.2) is 0 Å². The van der Waals surface area contributed by atoms with Crippen LogP contribution in [0.15, 0.2) is 54.7 Å². The van der Waals surface area contributed by atoms with Gasteiger partial charge in [0, 0.05) is 35.3 Å². The molecule has 29 heavy (non-hydrogen) atoms. The molecule has 2 aromatic carbocycles. The third-order valence-corrected chi connectivity index (χ3v) is 4.65. The summed E-state index contributed by atoms with van der Waals surface area (Å²) in [4.78, 5) is 23.6. The van der Waals surface area contributed by atoms with E-state index in [0.717, 1.165) is 5.56 Å². The summed E-state index contributed by atoms with van der Waals surface area (Å²) in [6.07, 6.45) is 1.58. The lowest BCUT2D eigenvalue weighted by molar-refractivity contribution is -0.384. The number of hydrogen-bond donors (Lipinski definition) is 2. The number of rotatable bonds is 7. The third-order valence-electron chi connectivity index (χ3n) is 4.28. The Morgan fingerprint density at radius 3 is 2.69 bits per heavy atom. The minimum atomic E-state index is -0.524. The highest BCUT2D eigenvalue weighted by molar-refractivity contribution is 6.31. The van der Waals surface area contributed by atoms with E-state index >= 15 is 0 Å². The van der Waals surface area contributed by atoms with Crippen LogP contribution in [0.25, 0.3) is 0 Å². The van der Waals surface area contributed by atoms with E-state index in [1.807, 2.05) is 32.0 Å². The average molecular weight is 414 g/mol. The van der Waals surface area contributed by atoms with Crippen LogP contribution in [0.2, 0.25) is 5.02 Å². The number of halogens is 1. The molecule has 0 saturated heterocycles. The van der Waals surface area contributed by atoms with Crippen molar-refractivity contribution in [2.24, 2.45) is 0 Å². The van der Waals surface area contributed by atoms with E-state index in [4.69, 9.17) is 11.6 Å². The van der Waals surface area contributed by atoms with E-state index in [2.05, 4.69) is 15.7 Å². The Morgan fingerprint density at radius 1 is 1.24 bits per heavy atom. The highest BCUT2D eigenvalue weighted by atomic mass is 35.5. The maximum Gasteiger partial charge on any atom is 0.293 e. The van der Waals surface area contributed by atoms with Crippen LogP contribution in [-0.2, 0) is 6.54 Å². The molecule has 0 fully saturated rings. The van der Waals surface area contributed by atoms with Gasteiger partial charge in [-0.25, -0.2) is 4.68 Å². The zero-order valence-corrected chi connectivity index (χ0v) is 16.7. The number of amides is 1. The van der Waals surface area contributed by atoms with Gasteiger partial charge in [-0.15, -0.1) is 0 Å². The molecule has 9 heteroatoms. The molecule has 2 N–H and O–H groups in total. The summed E-state index contributed by atoms with van der Waals surface area (Å²) in [6.45, 7) is 4.19. The van der Waals surface area contributed by atoms with E-state index in [0.29, 0.717) is 23.1 Å².